The lowest BCUT2D eigenvalue weighted by Crippen LogP contribution is -2.40. The average molecular weight is 655 g/mol. The number of nitrogens with one attached hydrogen (secondary N) is 1. The second kappa shape index (κ2) is 15.3. The molecule has 0 saturated carbocycles. The molecule has 0 bridgehead atoms. The van der Waals surface area contributed by atoms with Crippen LogP contribution in [0.1, 0.15) is 72.3 Å². The van der Waals surface area contributed by atoms with Crippen molar-refractivity contribution >= 4 is 11.9 Å². The fourth-order valence-electron chi connectivity index (χ4n) is 5.57. The lowest BCUT2D eigenvalue weighted by molar-refractivity contribution is -0.139. The van der Waals surface area contributed by atoms with Gasteiger partial charge in [0.1, 0.15) is 17.5 Å². The van der Waals surface area contributed by atoms with Crippen molar-refractivity contribution in [1.29, 1.82) is 0 Å². The fourth-order valence-corrected chi connectivity index (χ4v) is 5.57. The standard InChI is InChI=1S/C35H41F3N4O5/c1-9-27-25(33-21(4)10-11-30(47-8)22(33)5)15-24(18-39-27)28(17-32(44)45)40-34(46)29(14-20(2)3)42-19-23(12-13-41(6)7)26(16-31(42)43)35(36,37)38/h1,10-11,15-16,18-20,28-29H,12-14,17H2,2-8H3,(H,40,46)(H,44,45)/t28-,29-/m0/s1. The smallest absolute Gasteiger partial charge is 0.416 e. The molecule has 0 aliphatic heterocycles. The molecule has 12 heteroatoms. The number of halogens is 3. The Kier molecular flexibility index (Phi) is 12.0. The summed E-state index contributed by atoms with van der Waals surface area (Å²) in [5.41, 5.74) is 1.39. The van der Waals surface area contributed by atoms with Crippen LogP contribution >= 0.6 is 0 Å². The SMILES string of the molecule is C#Cc1ncc([C@H](CC(=O)O)NC(=O)[C@H](CC(C)C)n2cc(CCN(C)C)c(C(F)(F)F)cc2=O)cc1-c1c(C)ccc(OC)c1C. The molecule has 3 aromatic rings. The first-order chi connectivity index (χ1) is 22.0. The van der Waals surface area contributed by atoms with Gasteiger partial charge in [-0.15, -0.1) is 6.42 Å². The molecular formula is C35H41F3N4O5. The minimum absolute atomic E-state index is 0.0150. The van der Waals surface area contributed by atoms with E-state index in [4.69, 9.17) is 11.2 Å². The number of aliphatic carboxylic acids is 1. The molecule has 252 valence electrons. The molecule has 2 atom stereocenters. The summed E-state index contributed by atoms with van der Waals surface area (Å²) < 4.78 is 48.3. The maximum absolute atomic E-state index is 14.0. The average Bonchev–Trinajstić information content (AvgIpc) is 2.98. The Bertz CT molecular complexity index is 1720. The summed E-state index contributed by atoms with van der Waals surface area (Å²) in [5.74, 6) is 1.08. The van der Waals surface area contributed by atoms with Gasteiger partial charge >= 0.3 is 12.1 Å². The van der Waals surface area contributed by atoms with Crippen molar-refractivity contribution < 1.29 is 32.6 Å². The van der Waals surface area contributed by atoms with Crippen molar-refractivity contribution in [2.24, 2.45) is 5.92 Å². The van der Waals surface area contributed by atoms with E-state index in [2.05, 4.69) is 16.2 Å². The summed E-state index contributed by atoms with van der Waals surface area (Å²) >= 11 is 0. The molecule has 0 aliphatic rings. The number of hydrogen-bond acceptors (Lipinski definition) is 6. The van der Waals surface area contributed by atoms with Crippen molar-refractivity contribution in [3.63, 3.8) is 0 Å². The summed E-state index contributed by atoms with van der Waals surface area (Å²) in [6.07, 6.45) is 3.06. The fraction of sp³-hybridized carbons (Fsp3) is 0.429. The van der Waals surface area contributed by atoms with E-state index in [1.807, 2.05) is 39.8 Å². The van der Waals surface area contributed by atoms with Crippen molar-refractivity contribution in [3.05, 3.63) is 80.5 Å². The summed E-state index contributed by atoms with van der Waals surface area (Å²) in [6, 6.07) is 3.53. The quantitative estimate of drug-likeness (QED) is 0.232. The third-order valence-electron chi connectivity index (χ3n) is 7.89. The Labute approximate surface area is 272 Å². The number of carboxylic acid groups (broad SMARTS) is 1. The number of alkyl halides is 3. The number of hydrogen-bond donors (Lipinski definition) is 2. The topological polar surface area (TPSA) is 114 Å². The normalized spacial score (nSPS) is 12.9. The first-order valence-electron chi connectivity index (χ1n) is 15.1. The summed E-state index contributed by atoms with van der Waals surface area (Å²) in [5, 5.41) is 12.6. The molecular weight excluding hydrogens is 613 g/mol. The molecule has 0 spiro atoms. The number of nitrogens with zero attached hydrogens (tertiary/aromatic N) is 3. The number of carbonyl (C=O) groups is 2. The maximum Gasteiger partial charge on any atom is 0.416 e. The minimum Gasteiger partial charge on any atom is -0.496 e. The summed E-state index contributed by atoms with van der Waals surface area (Å²) in [6.45, 7) is 7.64. The monoisotopic (exact) mass is 654 g/mol. The van der Waals surface area contributed by atoms with E-state index < -0.39 is 47.7 Å². The Hall–Kier alpha value is -4.63. The second-order valence-corrected chi connectivity index (χ2v) is 12.2. The number of carbonyl (C=O) groups excluding carboxylic acids is 1. The van der Waals surface area contributed by atoms with E-state index in [1.54, 1.807) is 25.1 Å². The molecule has 2 aromatic heterocycles. The van der Waals surface area contributed by atoms with E-state index in [0.29, 0.717) is 28.6 Å². The first kappa shape index (κ1) is 36.8. The zero-order chi connectivity index (χ0) is 35.2. The van der Waals surface area contributed by atoms with Crippen LogP contribution < -0.4 is 15.6 Å². The Morgan fingerprint density at radius 2 is 1.87 bits per heavy atom. The Morgan fingerprint density at radius 3 is 2.43 bits per heavy atom. The van der Waals surface area contributed by atoms with Crippen molar-refractivity contribution in [2.45, 2.75) is 65.2 Å². The Balaban J connectivity index is 2.14. The van der Waals surface area contributed by atoms with Crippen LogP contribution in [-0.2, 0) is 22.2 Å². The molecule has 3 rings (SSSR count). The highest BCUT2D eigenvalue weighted by Crippen LogP contribution is 2.36. The van der Waals surface area contributed by atoms with Gasteiger partial charge in [-0.3, -0.25) is 14.4 Å². The largest absolute Gasteiger partial charge is 0.496 e. The minimum atomic E-state index is -4.77. The zero-order valence-corrected chi connectivity index (χ0v) is 27.7. The number of benzene rings is 1. The van der Waals surface area contributed by atoms with Gasteiger partial charge in [0, 0.05) is 30.6 Å². The number of ether oxygens (including phenoxy) is 1. The van der Waals surface area contributed by atoms with Crippen LogP contribution in [0, 0.1) is 32.1 Å². The number of aryl methyl sites for hydroxylation is 1. The van der Waals surface area contributed by atoms with Gasteiger partial charge in [0.15, 0.2) is 0 Å². The number of methoxy groups -OCH3 is 1. The third kappa shape index (κ3) is 9.01. The molecule has 0 fully saturated rings. The van der Waals surface area contributed by atoms with E-state index >= 15 is 0 Å². The lowest BCUT2D eigenvalue weighted by atomic mass is 9.91. The van der Waals surface area contributed by atoms with Gasteiger partial charge in [-0.25, -0.2) is 4.98 Å². The van der Waals surface area contributed by atoms with Gasteiger partial charge in [0.05, 0.1) is 25.1 Å². The van der Waals surface area contributed by atoms with E-state index in [0.717, 1.165) is 27.5 Å². The van der Waals surface area contributed by atoms with Gasteiger partial charge in [-0.2, -0.15) is 13.2 Å². The van der Waals surface area contributed by atoms with Crippen molar-refractivity contribution in [3.8, 4) is 29.2 Å². The molecule has 0 unspecified atom stereocenters. The van der Waals surface area contributed by atoms with Gasteiger partial charge in [-0.05, 0) is 92.6 Å². The highest BCUT2D eigenvalue weighted by Gasteiger charge is 2.36. The number of carboxylic acids is 1. The summed E-state index contributed by atoms with van der Waals surface area (Å²) in [7, 11) is 4.97. The highest BCUT2D eigenvalue weighted by atomic mass is 19.4. The zero-order valence-electron chi connectivity index (χ0n) is 27.7. The van der Waals surface area contributed by atoms with Gasteiger partial charge in [0.2, 0.25) is 5.91 Å². The molecule has 2 heterocycles. The van der Waals surface area contributed by atoms with Crippen LogP contribution in [0.4, 0.5) is 13.2 Å². The lowest BCUT2D eigenvalue weighted by Gasteiger charge is -2.26. The summed E-state index contributed by atoms with van der Waals surface area (Å²) in [4.78, 5) is 45.3. The van der Waals surface area contributed by atoms with E-state index in [1.165, 1.54) is 13.3 Å². The first-order valence-corrected chi connectivity index (χ1v) is 15.1. The van der Waals surface area contributed by atoms with Crippen LogP contribution in [0.15, 0.2) is 41.5 Å². The molecule has 0 radical (unpaired) electrons. The number of amides is 1. The van der Waals surface area contributed by atoms with E-state index in [-0.39, 0.29) is 30.9 Å². The number of pyridine rings is 2. The number of likely N-dealkylation sites (N-methyl/N-ethyl adjacent to an activating group) is 1. The molecule has 9 nitrogen and oxygen atoms in total. The highest BCUT2D eigenvalue weighted by molar-refractivity contribution is 5.82. The van der Waals surface area contributed by atoms with Crippen molar-refractivity contribution in [2.75, 3.05) is 27.7 Å². The molecule has 2 N–H and O–H groups in total. The number of aromatic nitrogens is 2. The van der Waals surface area contributed by atoms with Gasteiger partial charge in [-0.1, -0.05) is 19.9 Å². The van der Waals surface area contributed by atoms with Gasteiger partial charge < -0.3 is 24.6 Å². The van der Waals surface area contributed by atoms with Crippen LogP contribution in [0.25, 0.3) is 11.1 Å². The Morgan fingerprint density at radius 1 is 1.19 bits per heavy atom. The second-order valence-electron chi connectivity index (χ2n) is 12.2. The molecule has 1 aromatic carbocycles. The maximum atomic E-state index is 14.0. The third-order valence-corrected chi connectivity index (χ3v) is 7.89. The molecule has 47 heavy (non-hydrogen) atoms. The molecule has 0 aliphatic carbocycles. The molecule has 1 amide bonds. The van der Waals surface area contributed by atoms with Crippen LogP contribution in [0.2, 0.25) is 0 Å². The van der Waals surface area contributed by atoms with Crippen LogP contribution in [0.3, 0.4) is 0 Å². The van der Waals surface area contributed by atoms with E-state index in [9.17, 15) is 32.7 Å². The predicted octanol–water partition coefficient (Wildman–Crippen LogP) is 5.56. The van der Waals surface area contributed by atoms with Crippen molar-refractivity contribution in [1.82, 2.24) is 19.8 Å². The number of terminal acetylenes is 1. The van der Waals surface area contributed by atoms with Crippen LogP contribution in [0.5, 0.6) is 5.75 Å². The van der Waals surface area contributed by atoms with Crippen LogP contribution in [-0.4, -0.2) is 59.2 Å². The molecule has 0 saturated heterocycles. The van der Waals surface area contributed by atoms with Gasteiger partial charge in [0.25, 0.3) is 5.56 Å². The number of rotatable bonds is 13. The predicted molar refractivity (Wildman–Crippen MR) is 173 cm³/mol.